The molecule has 0 saturated carbocycles. The second kappa shape index (κ2) is 6.06. The topological polar surface area (TPSA) is 56.3 Å². The third-order valence-electron chi connectivity index (χ3n) is 4.18. The first-order valence-corrected chi connectivity index (χ1v) is 7.62. The van der Waals surface area contributed by atoms with E-state index in [1.54, 1.807) is 6.33 Å². The van der Waals surface area contributed by atoms with E-state index in [1.807, 2.05) is 6.07 Å². The second-order valence-electron chi connectivity index (χ2n) is 5.79. The lowest BCUT2D eigenvalue weighted by atomic mass is 9.89. The molecule has 2 saturated heterocycles. The highest BCUT2D eigenvalue weighted by Gasteiger charge is 2.42. The molecule has 20 heavy (non-hydrogen) atoms. The summed E-state index contributed by atoms with van der Waals surface area (Å²) < 4.78 is 12.0. The number of nitrogens with one attached hydrogen (secondary N) is 1. The summed E-state index contributed by atoms with van der Waals surface area (Å²) >= 11 is 0. The van der Waals surface area contributed by atoms with Crippen LogP contribution in [0.2, 0.25) is 0 Å². The van der Waals surface area contributed by atoms with Crippen LogP contribution in [0.25, 0.3) is 0 Å². The summed E-state index contributed by atoms with van der Waals surface area (Å²) in [6.45, 7) is 4.91. The SMILES string of the molecule is CCCc1cc(OC2COC3(CCNCC3)C2)ncn1. The fourth-order valence-corrected chi connectivity index (χ4v) is 3.11. The molecule has 2 fully saturated rings. The molecule has 5 nitrogen and oxygen atoms in total. The molecule has 1 aromatic heterocycles. The van der Waals surface area contributed by atoms with Crippen LogP contribution < -0.4 is 10.1 Å². The zero-order chi connectivity index (χ0) is 13.8. The van der Waals surface area contributed by atoms with E-state index in [-0.39, 0.29) is 11.7 Å². The Balaban J connectivity index is 1.60. The molecule has 3 heterocycles. The third kappa shape index (κ3) is 3.10. The second-order valence-corrected chi connectivity index (χ2v) is 5.79. The molecule has 1 aromatic rings. The van der Waals surface area contributed by atoms with Gasteiger partial charge in [-0.1, -0.05) is 13.3 Å². The van der Waals surface area contributed by atoms with Crippen LogP contribution >= 0.6 is 0 Å². The van der Waals surface area contributed by atoms with E-state index >= 15 is 0 Å². The number of aryl methyl sites for hydroxylation is 1. The minimum Gasteiger partial charge on any atom is -0.472 e. The highest BCUT2D eigenvalue weighted by Crippen LogP contribution is 2.35. The van der Waals surface area contributed by atoms with Crippen molar-refractivity contribution in [3.8, 4) is 5.88 Å². The van der Waals surface area contributed by atoms with Gasteiger partial charge in [0, 0.05) is 18.2 Å². The number of rotatable bonds is 4. The van der Waals surface area contributed by atoms with Crippen LogP contribution in [0.5, 0.6) is 5.88 Å². The van der Waals surface area contributed by atoms with E-state index in [2.05, 4.69) is 22.2 Å². The molecule has 1 N–H and O–H groups in total. The average Bonchev–Trinajstić information content (AvgIpc) is 2.83. The molecule has 110 valence electrons. The summed E-state index contributed by atoms with van der Waals surface area (Å²) in [6, 6.07) is 1.96. The first kappa shape index (κ1) is 13.8. The predicted molar refractivity (Wildman–Crippen MR) is 75.8 cm³/mol. The lowest BCUT2D eigenvalue weighted by Crippen LogP contribution is -2.41. The van der Waals surface area contributed by atoms with Gasteiger partial charge < -0.3 is 14.8 Å². The van der Waals surface area contributed by atoms with Crippen LogP contribution in [0.15, 0.2) is 12.4 Å². The minimum absolute atomic E-state index is 0.0369. The van der Waals surface area contributed by atoms with E-state index in [0.717, 1.165) is 50.9 Å². The Kier molecular flexibility index (Phi) is 4.17. The summed E-state index contributed by atoms with van der Waals surface area (Å²) in [5.41, 5.74) is 1.09. The number of hydrogen-bond donors (Lipinski definition) is 1. The smallest absolute Gasteiger partial charge is 0.216 e. The highest BCUT2D eigenvalue weighted by molar-refractivity contribution is 5.14. The molecule has 0 radical (unpaired) electrons. The van der Waals surface area contributed by atoms with Crippen LogP contribution in [-0.4, -0.2) is 41.4 Å². The van der Waals surface area contributed by atoms with E-state index < -0.39 is 0 Å². The summed E-state index contributed by atoms with van der Waals surface area (Å²) in [4.78, 5) is 8.47. The largest absolute Gasteiger partial charge is 0.472 e. The minimum atomic E-state index is 0.0369. The van der Waals surface area contributed by atoms with Crippen LogP contribution in [-0.2, 0) is 11.2 Å². The number of aromatic nitrogens is 2. The van der Waals surface area contributed by atoms with Gasteiger partial charge in [-0.05, 0) is 32.4 Å². The number of nitrogens with zero attached hydrogens (tertiary/aromatic N) is 2. The van der Waals surface area contributed by atoms with Crippen LogP contribution in [0, 0.1) is 0 Å². The van der Waals surface area contributed by atoms with Gasteiger partial charge in [0.15, 0.2) is 0 Å². The van der Waals surface area contributed by atoms with Crippen LogP contribution in [0.1, 0.15) is 38.3 Å². The van der Waals surface area contributed by atoms with E-state index in [1.165, 1.54) is 0 Å². The standard InChI is InChI=1S/C15H23N3O2/c1-2-3-12-8-14(18-11-17-12)20-13-9-15(19-10-13)4-6-16-7-5-15/h8,11,13,16H,2-7,9-10H2,1H3. The summed E-state index contributed by atoms with van der Waals surface area (Å²) in [5.74, 6) is 0.683. The fourth-order valence-electron chi connectivity index (χ4n) is 3.11. The average molecular weight is 277 g/mol. The highest BCUT2D eigenvalue weighted by atomic mass is 16.6. The van der Waals surface area contributed by atoms with Gasteiger partial charge in [-0.2, -0.15) is 0 Å². The Labute approximate surface area is 120 Å². The van der Waals surface area contributed by atoms with Crippen molar-refractivity contribution in [2.75, 3.05) is 19.7 Å². The van der Waals surface area contributed by atoms with Gasteiger partial charge in [0.25, 0.3) is 0 Å². The summed E-state index contributed by atoms with van der Waals surface area (Å²) in [6.07, 6.45) is 6.90. The number of piperidine rings is 1. The summed E-state index contributed by atoms with van der Waals surface area (Å²) in [7, 11) is 0. The lowest BCUT2D eigenvalue weighted by Gasteiger charge is -2.32. The normalized spacial score (nSPS) is 24.9. The van der Waals surface area contributed by atoms with Crippen molar-refractivity contribution in [2.45, 2.75) is 50.7 Å². The maximum absolute atomic E-state index is 6.04. The van der Waals surface area contributed by atoms with Crippen molar-refractivity contribution in [1.29, 1.82) is 0 Å². The van der Waals surface area contributed by atoms with Crippen molar-refractivity contribution in [1.82, 2.24) is 15.3 Å². The first-order valence-electron chi connectivity index (χ1n) is 7.62. The molecule has 1 atom stereocenters. The molecular weight excluding hydrogens is 254 g/mol. The van der Waals surface area contributed by atoms with Crippen molar-refractivity contribution in [2.24, 2.45) is 0 Å². The Morgan fingerprint density at radius 3 is 3.05 bits per heavy atom. The van der Waals surface area contributed by atoms with Gasteiger partial charge >= 0.3 is 0 Å². The molecule has 2 aliphatic heterocycles. The van der Waals surface area contributed by atoms with E-state index in [0.29, 0.717) is 12.5 Å². The molecule has 0 aliphatic carbocycles. The maximum atomic E-state index is 6.04. The Bertz CT molecular complexity index is 446. The number of hydrogen-bond acceptors (Lipinski definition) is 5. The maximum Gasteiger partial charge on any atom is 0.216 e. The van der Waals surface area contributed by atoms with Gasteiger partial charge in [-0.15, -0.1) is 0 Å². The van der Waals surface area contributed by atoms with Crippen molar-refractivity contribution in [3.63, 3.8) is 0 Å². The molecule has 2 aliphatic rings. The van der Waals surface area contributed by atoms with Gasteiger partial charge in [0.2, 0.25) is 5.88 Å². The lowest BCUT2D eigenvalue weighted by molar-refractivity contribution is -0.0205. The molecule has 3 rings (SSSR count). The first-order chi connectivity index (χ1) is 9.80. The Hall–Kier alpha value is -1.20. The zero-order valence-corrected chi connectivity index (χ0v) is 12.1. The van der Waals surface area contributed by atoms with Crippen molar-refractivity contribution < 1.29 is 9.47 Å². The quantitative estimate of drug-likeness (QED) is 0.908. The Morgan fingerprint density at radius 2 is 2.25 bits per heavy atom. The monoisotopic (exact) mass is 277 g/mol. The van der Waals surface area contributed by atoms with E-state index in [9.17, 15) is 0 Å². The van der Waals surface area contributed by atoms with Gasteiger partial charge in [0.1, 0.15) is 12.4 Å². The molecule has 1 unspecified atom stereocenters. The van der Waals surface area contributed by atoms with Gasteiger partial charge in [-0.25, -0.2) is 9.97 Å². The van der Waals surface area contributed by atoms with Gasteiger partial charge in [0.05, 0.1) is 12.2 Å². The third-order valence-corrected chi connectivity index (χ3v) is 4.18. The Morgan fingerprint density at radius 1 is 1.40 bits per heavy atom. The van der Waals surface area contributed by atoms with Crippen molar-refractivity contribution in [3.05, 3.63) is 18.1 Å². The van der Waals surface area contributed by atoms with Gasteiger partial charge in [-0.3, -0.25) is 0 Å². The fraction of sp³-hybridized carbons (Fsp3) is 0.733. The molecule has 1 spiro atoms. The predicted octanol–water partition coefficient (Wildman–Crippen LogP) is 1.72. The molecular formula is C15H23N3O2. The molecule has 0 amide bonds. The van der Waals surface area contributed by atoms with Crippen molar-refractivity contribution >= 4 is 0 Å². The molecule has 0 aromatic carbocycles. The number of ether oxygens (including phenoxy) is 2. The zero-order valence-electron chi connectivity index (χ0n) is 12.1. The van der Waals surface area contributed by atoms with Crippen LogP contribution in [0.4, 0.5) is 0 Å². The summed E-state index contributed by atoms with van der Waals surface area (Å²) in [5, 5.41) is 3.38. The molecule has 0 bridgehead atoms. The van der Waals surface area contributed by atoms with E-state index in [4.69, 9.17) is 9.47 Å². The van der Waals surface area contributed by atoms with Crippen LogP contribution in [0.3, 0.4) is 0 Å². The molecule has 5 heteroatoms.